The number of amides is 2. The predicted molar refractivity (Wildman–Crippen MR) is 68.2 cm³/mol. The molecule has 0 saturated heterocycles. The Morgan fingerprint density at radius 2 is 2.10 bits per heavy atom. The van der Waals surface area contributed by atoms with Crippen molar-refractivity contribution in [2.45, 2.75) is 19.1 Å². The van der Waals surface area contributed by atoms with Gasteiger partial charge in [-0.2, -0.15) is 13.2 Å². The SMILES string of the molecule is Cc1cccc([C@H](NC(=O)N(C)CCO)C(F)(F)F)c1. The van der Waals surface area contributed by atoms with Gasteiger partial charge in [0.15, 0.2) is 6.04 Å². The normalized spacial score (nSPS) is 12.9. The minimum atomic E-state index is -4.59. The number of carbonyl (C=O) groups excluding carboxylic acids is 1. The number of hydrogen-bond donors (Lipinski definition) is 2. The summed E-state index contributed by atoms with van der Waals surface area (Å²) in [5, 5.41) is 10.6. The van der Waals surface area contributed by atoms with Crippen molar-refractivity contribution in [1.82, 2.24) is 10.2 Å². The van der Waals surface area contributed by atoms with Gasteiger partial charge < -0.3 is 15.3 Å². The first kappa shape index (κ1) is 16.3. The predicted octanol–water partition coefficient (Wildman–Crippen LogP) is 2.23. The molecule has 7 heteroatoms. The van der Waals surface area contributed by atoms with Crippen molar-refractivity contribution >= 4 is 6.03 Å². The maximum Gasteiger partial charge on any atom is 0.412 e. The molecule has 0 aliphatic rings. The van der Waals surface area contributed by atoms with Gasteiger partial charge in [0.25, 0.3) is 0 Å². The van der Waals surface area contributed by atoms with E-state index < -0.39 is 18.2 Å². The fourth-order valence-corrected chi connectivity index (χ4v) is 1.69. The van der Waals surface area contributed by atoms with Gasteiger partial charge in [0.05, 0.1) is 6.61 Å². The van der Waals surface area contributed by atoms with Gasteiger partial charge in [-0.1, -0.05) is 29.8 Å². The lowest BCUT2D eigenvalue weighted by Gasteiger charge is -2.25. The molecule has 4 nitrogen and oxygen atoms in total. The minimum absolute atomic E-state index is 0.0248. The Balaban J connectivity index is 2.95. The summed E-state index contributed by atoms with van der Waals surface area (Å²) in [6.45, 7) is 1.33. The standard InChI is InChI=1S/C13H17F3N2O2/c1-9-4-3-5-10(8-9)11(13(14,15)16)17-12(20)18(2)6-7-19/h3-5,8,11,19H,6-7H2,1-2H3,(H,17,20)/t11-/m0/s1. The van der Waals surface area contributed by atoms with E-state index in [-0.39, 0.29) is 18.7 Å². The van der Waals surface area contributed by atoms with Gasteiger partial charge in [-0.05, 0) is 12.5 Å². The van der Waals surface area contributed by atoms with Crippen LogP contribution in [0.15, 0.2) is 24.3 Å². The van der Waals surface area contributed by atoms with E-state index in [2.05, 4.69) is 0 Å². The van der Waals surface area contributed by atoms with Crippen LogP contribution in [0, 0.1) is 6.92 Å². The lowest BCUT2D eigenvalue weighted by atomic mass is 10.0. The number of likely N-dealkylation sites (N-methyl/N-ethyl adjacent to an activating group) is 1. The molecule has 0 radical (unpaired) electrons. The van der Waals surface area contributed by atoms with Gasteiger partial charge >= 0.3 is 12.2 Å². The smallest absolute Gasteiger partial charge is 0.395 e. The molecule has 0 bridgehead atoms. The third-order valence-corrected chi connectivity index (χ3v) is 2.75. The topological polar surface area (TPSA) is 52.6 Å². The molecule has 2 amide bonds. The third-order valence-electron chi connectivity index (χ3n) is 2.75. The highest BCUT2D eigenvalue weighted by Gasteiger charge is 2.42. The van der Waals surface area contributed by atoms with Crippen molar-refractivity contribution in [3.8, 4) is 0 Å². The van der Waals surface area contributed by atoms with E-state index in [4.69, 9.17) is 5.11 Å². The molecule has 0 aliphatic heterocycles. The number of urea groups is 1. The van der Waals surface area contributed by atoms with E-state index in [9.17, 15) is 18.0 Å². The largest absolute Gasteiger partial charge is 0.412 e. The Hall–Kier alpha value is -1.76. The van der Waals surface area contributed by atoms with Crippen molar-refractivity contribution in [1.29, 1.82) is 0 Å². The summed E-state index contributed by atoms with van der Waals surface area (Å²) >= 11 is 0. The molecule has 0 heterocycles. The van der Waals surface area contributed by atoms with Crippen LogP contribution in [0.1, 0.15) is 17.2 Å². The second kappa shape index (κ2) is 6.60. The summed E-state index contributed by atoms with van der Waals surface area (Å²) in [5.41, 5.74) is 0.651. The van der Waals surface area contributed by atoms with Crippen LogP contribution < -0.4 is 5.32 Å². The average Bonchev–Trinajstić information content (AvgIpc) is 2.34. The van der Waals surface area contributed by atoms with Gasteiger partial charge in [-0.15, -0.1) is 0 Å². The third kappa shape index (κ3) is 4.41. The van der Waals surface area contributed by atoms with Gasteiger partial charge in [0, 0.05) is 13.6 Å². The molecular weight excluding hydrogens is 273 g/mol. The van der Waals surface area contributed by atoms with Crippen LogP contribution >= 0.6 is 0 Å². The summed E-state index contributed by atoms with van der Waals surface area (Å²) < 4.78 is 39.2. The molecule has 0 fully saturated rings. The quantitative estimate of drug-likeness (QED) is 0.893. The van der Waals surface area contributed by atoms with E-state index in [0.717, 1.165) is 4.90 Å². The lowest BCUT2D eigenvalue weighted by molar-refractivity contribution is -0.155. The molecule has 0 unspecified atom stereocenters. The number of aliphatic hydroxyl groups excluding tert-OH is 1. The summed E-state index contributed by atoms with van der Waals surface area (Å²) in [6, 6.07) is 2.92. The molecule has 0 spiro atoms. The molecule has 0 saturated carbocycles. The number of aliphatic hydroxyl groups is 1. The number of carbonyl (C=O) groups is 1. The highest BCUT2D eigenvalue weighted by atomic mass is 19.4. The molecule has 1 rings (SSSR count). The van der Waals surface area contributed by atoms with Gasteiger partial charge in [-0.3, -0.25) is 0 Å². The van der Waals surface area contributed by atoms with Crippen molar-refractivity contribution < 1.29 is 23.1 Å². The first-order valence-electron chi connectivity index (χ1n) is 6.01. The second-order valence-corrected chi connectivity index (χ2v) is 4.48. The fourth-order valence-electron chi connectivity index (χ4n) is 1.69. The molecule has 112 valence electrons. The highest BCUT2D eigenvalue weighted by Crippen LogP contribution is 2.33. The van der Waals surface area contributed by atoms with E-state index in [1.54, 1.807) is 13.0 Å². The lowest BCUT2D eigenvalue weighted by Crippen LogP contribution is -2.45. The monoisotopic (exact) mass is 290 g/mol. The van der Waals surface area contributed by atoms with Gasteiger partial charge in [0.1, 0.15) is 0 Å². The first-order chi connectivity index (χ1) is 9.25. The van der Waals surface area contributed by atoms with E-state index in [1.807, 2.05) is 5.32 Å². The van der Waals surface area contributed by atoms with Crippen molar-refractivity contribution in [2.24, 2.45) is 0 Å². The molecule has 1 aromatic carbocycles. The van der Waals surface area contributed by atoms with Gasteiger partial charge in [0.2, 0.25) is 0 Å². The number of hydrogen-bond acceptors (Lipinski definition) is 2. The zero-order chi connectivity index (χ0) is 15.3. The zero-order valence-electron chi connectivity index (χ0n) is 11.2. The van der Waals surface area contributed by atoms with Crippen LogP contribution in [0.25, 0.3) is 0 Å². The van der Waals surface area contributed by atoms with Crippen LogP contribution in [0.5, 0.6) is 0 Å². The van der Waals surface area contributed by atoms with E-state index >= 15 is 0 Å². The number of alkyl halides is 3. The fraction of sp³-hybridized carbons (Fsp3) is 0.462. The van der Waals surface area contributed by atoms with E-state index in [0.29, 0.717) is 5.56 Å². The Labute approximate surface area is 115 Å². The molecule has 2 N–H and O–H groups in total. The highest BCUT2D eigenvalue weighted by molar-refractivity contribution is 5.74. The average molecular weight is 290 g/mol. The van der Waals surface area contributed by atoms with Crippen LogP contribution in [0.2, 0.25) is 0 Å². The Kier molecular flexibility index (Phi) is 5.38. The minimum Gasteiger partial charge on any atom is -0.395 e. The van der Waals surface area contributed by atoms with Crippen LogP contribution in [0.3, 0.4) is 0 Å². The van der Waals surface area contributed by atoms with Crippen molar-refractivity contribution in [3.63, 3.8) is 0 Å². The molecular formula is C13H17F3N2O2. The maximum absolute atomic E-state index is 13.1. The Morgan fingerprint density at radius 3 is 2.60 bits per heavy atom. The number of aryl methyl sites for hydroxylation is 1. The Morgan fingerprint density at radius 1 is 1.45 bits per heavy atom. The molecule has 1 aromatic rings. The second-order valence-electron chi connectivity index (χ2n) is 4.48. The van der Waals surface area contributed by atoms with Crippen LogP contribution in [-0.4, -0.2) is 42.4 Å². The number of rotatable bonds is 4. The summed E-state index contributed by atoms with van der Waals surface area (Å²) in [7, 11) is 1.31. The van der Waals surface area contributed by atoms with E-state index in [1.165, 1.54) is 25.2 Å². The van der Waals surface area contributed by atoms with Crippen LogP contribution in [0.4, 0.5) is 18.0 Å². The first-order valence-corrected chi connectivity index (χ1v) is 6.01. The summed E-state index contributed by atoms with van der Waals surface area (Å²) in [4.78, 5) is 12.6. The number of nitrogens with zero attached hydrogens (tertiary/aromatic N) is 1. The van der Waals surface area contributed by atoms with Gasteiger partial charge in [-0.25, -0.2) is 4.79 Å². The Bertz CT molecular complexity index is 463. The maximum atomic E-state index is 13.1. The summed E-state index contributed by atoms with van der Waals surface area (Å²) in [5.74, 6) is 0. The molecule has 0 aliphatic carbocycles. The molecule has 0 aromatic heterocycles. The number of halogens is 3. The molecule has 1 atom stereocenters. The zero-order valence-corrected chi connectivity index (χ0v) is 11.2. The van der Waals surface area contributed by atoms with Crippen LogP contribution in [-0.2, 0) is 0 Å². The number of nitrogens with one attached hydrogen (secondary N) is 1. The molecule has 20 heavy (non-hydrogen) atoms. The van der Waals surface area contributed by atoms with Crippen molar-refractivity contribution in [2.75, 3.05) is 20.2 Å². The number of benzene rings is 1. The summed E-state index contributed by atoms with van der Waals surface area (Å²) in [6.07, 6.45) is -4.59. The van der Waals surface area contributed by atoms with Crippen molar-refractivity contribution in [3.05, 3.63) is 35.4 Å².